The van der Waals surface area contributed by atoms with Crippen molar-refractivity contribution in [3.8, 4) is 57.9 Å². The first kappa shape index (κ1) is 33.7. The standard InChI is InChI=1S/C34H28N4O6S.W/c1-4-43-27-15-11-22(12-16-27)30-31(23-13-17-28(18-14-23)44-5-2)38(45(41,42)29-9-7-6-8-10-29)33(37-30)25-19-24(32(35)39)20-26(21-25)34(40)36-3;/h1,6-21H,5H2,2-3H3,(H3,35,36,39,40);/p-1. The minimum Gasteiger partial charge on any atom is -0.664 e. The Bertz CT molecular complexity index is 2040. The van der Waals surface area contributed by atoms with Crippen molar-refractivity contribution < 1.29 is 48.5 Å². The number of hydrogen-bond donors (Lipinski definition) is 1. The van der Waals surface area contributed by atoms with E-state index in [2.05, 4.69) is 11.4 Å². The third-order valence-corrected chi connectivity index (χ3v) is 8.51. The third kappa shape index (κ3) is 6.74. The topological polar surface area (TPSA) is 140 Å². The molecule has 0 saturated heterocycles. The first-order valence-electron chi connectivity index (χ1n) is 13.7. The molecular formula is C34H27N4O6SW-. The van der Waals surface area contributed by atoms with Crippen molar-refractivity contribution in [2.45, 2.75) is 11.8 Å². The van der Waals surface area contributed by atoms with E-state index in [4.69, 9.17) is 26.6 Å². The maximum Gasteiger partial charge on any atom is 0.270 e. The Labute approximate surface area is 280 Å². The summed E-state index contributed by atoms with van der Waals surface area (Å²) in [5.74, 6) is -0.665. The number of hydrogen-bond acceptors (Lipinski definition) is 7. The zero-order chi connectivity index (χ0) is 32.1. The monoisotopic (exact) mass is 803 g/mol. The van der Waals surface area contributed by atoms with E-state index in [1.165, 1.54) is 37.4 Å². The summed E-state index contributed by atoms with van der Waals surface area (Å²) in [4.78, 5) is 29.8. The van der Waals surface area contributed by atoms with Gasteiger partial charge in [0.15, 0.2) is 5.82 Å². The normalized spacial score (nSPS) is 10.7. The van der Waals surface area contributed by atoms with E-state index >= 15 is 0 Å². The third-order valence-electron chi connectivity index (χ3n) is 6.80. The second-order valence-electron chi connectivity index (χ2n) is 9.62. The van der Waals surface area contributed by atoms with Gasteiger partial charge in [0.25, 0.3) is 15.9 Å². The quantitative estimate of drug-likeness (QED) is 0.170. The molecule has 4 aromatic carbocycles. The van der Waals surface area contributed by atoms with E-state index in [0.717, 1.165) is 3.97 Å². The Balaban J connectivity index is 0.00000480. The number of carbonyl (C=O) groups is 2. The molecule has 0 radical (unpaired) electrons. The van der Waals surface area contributed by atoms with Crippen molar-refractivity contribution in [2.75, 3.05) is 13.7 Å². The maximum atomic E-state index is 14.5. The van der Waals surface area contributed by atoms with Gasteiger partial charge in [0, 0.05) is 55.9 Å². The Morgan fingerprint density at radius 1 is 0.891 bits per heavy atom. The molecule has 2 N–H and O–H groups in total. The van der Waals surface area contributed by atoms with Gasteiger partial charge in [-0.05, 0) is 85.8 Å². The average molecular weight is 804 g/mol. The molecule has 0 fully saturated rings. The van der Waals surface area contributed by atoms with Crippen LogP contribution in [0.15, 0.2) is 102 Å². The van der Waals surface area contributed by atoms with E-state index in [9.17, 15) is 18.0 Å². The molecule has 0 unspecified atom stereocenters. The Morgan fingerprint density at radius 3 is 2.09 bits per heavy atom. The molecule has 0 aliphatic heterocycles. The molecule has 5 aromatic rings. The molecule has 1 aromatic heterocycles. The minimum atomic E-state index is -4.35. The van der Waals surface area contributed by atoms with Gasteiger partial charge in [0.1, 0.15) is 17.6 Å². The number of ether oxygens (including phenoxy) is 2. The first-order chi connectivity index (χ1) is 21.7. The van der Waals surface area contributed by atoms with Gasteiger partial charge in [-0.3, -0.25) is 4.79 Å². The molecule has 232 valence electrons. The summed E-state index contributed by atoms with van der Waals surface area (Å²) in [5.41, 5.74) is 9.36. The van der Waals surface area contributed by atoms with Crippen LogP contribution >= 0.6 is 0 Å². The molecule has 0 bridgehead atoms. The van der Waals surface area contributed by atoms with Gasteiger partial charge in [0.2, 0.25) is 0 Å². The van der Waals surface area contributed by atoms with Crippen molar-refractivity contribution in [1.29, 1.82) is 0 Å². The minimum absolute atomic E-state index is 0. The number of rotatable bonds is 10. The van der Waals surface area contributed by atoms with Gasteiger partial charge in [-0.1, -0.05) is 24.6 Å². The first-order valence-corrected chi connectivity index (χ1v) is 15.1. The van der Waals surface area contributed by atoms with Crippen molar-refractivity contribution >= 4 is 21.8 Å². The number of terminal acetylenes is 1. The summed E-state index contributed by atoms with van der Waals surface area (Å²) < 4.78 is 40.9. The number of imidazole rings is 1. The maximum absolute atomic E-state index is 14.5. The van der Waals surface area contributed by atoms with E-state index < -0.39 is 21.8 Å². The molecule has 0 aliphatic carbocycles. The van der Waals surface area contributed by atoms with Gasteiger partial charge < -0.3 is 25.3 Å². The van der Waals surface area contributed by atoms with Crippen molar-refractivity contribution in [3.05, 3.63) is 114 Å². The van der Waals surface area contributed by atoms with Gasteiger partial charge in [-0.15, -0.1) is 0 Å². The largest absolute Gasteiger partial charge is 0.664 e. The fourth-order valence-electron chi connectivity index (χ4n) is 4.76. The Hall–Kier alpha value is -5.17. The fourth-order valence-corrected chi connectivity index (χ4v) is 6.28. The van der Waals surface area contributed by atoms with Crippen LogP contribution in [0.5, 0.6) is 11.5 Å². The van der Waals surface area contributed by atoms with Gasteiger partial charge in [-0.25, -0.2) is 17.4 Å². The molecule has 0 spiro atoms. The van der Waals surface area contributed by atoms with Crippen molar-refractivity contribution in [1.82, 2.24) is 14.3 Å². The Kier molecular flexibility index (Phi) is 10.5. The summed E-state index contributed by atoms with van der Waals surface area (Å²) in [7, 11) is -2.93. The number of carbonyl (C=O) groups excluding carboxylic acids is 2. The van der Waals surface area contributed by atoms with Gasteiger partial charge in [-0.2, -0.15) is 0 Å². The van der Waals surface area contributed by atoms with Crippen molar-refractivity contribution in [2.24, 2.45) is 0 Å². The van der Waals surface area contributed by atoms with Crippen LogP contribution in [-0.2, 0) is 31.1 Å². The average Bonchev–Trinajstić information content (AvgIpc) is 3.47. The van der Waals surface area contributed by atoms with Crippen LogP contribution < -0.4 is 14.8 Å². The Morgan fingerprint density at radius 2 is 1.50 bits per heavy atom. The van der Waals surface area contributed by atoms with Gasteiger partial charge >= 0.3 is 0 Å². The zero-order valence-corrected chi connectivity index (χ0v) is 28.4. The van der Waals surface area contributed by atoms with E-state index in [1.54, 1.807) is 66.7 Å². The smallest absolute Gasteiger partial charge is 0.270 e. The second kappa shape index (κ2) is 14.3. The SMILES string of the molecule is C#COc1ccc(-c2nc(-c3cc(C([NH-])=O)cc(C(=O)NC)c3)n(S(=O)(=O)c3ccccc3)c2-c2ccc(OCC)cc2)cc1.[W]. The van der Waals surface area contributed by atoms with Crippen LogP contribution in [-0.4, -0.2) is 42.8 Å². The molecule has 10 nitrogen and oxygen atoms in total. The number of nitrogens with zero attached hydrogens (tertiary/aromatic N) is 2. The number of amides is 2. The molecule has 0 saturated carbocycles. The van der Waals surface area contributed by atoms with E-state index in [0.29, 0.717) is 29.2 Å². The van der Waals surface area contributed by atoms with Crippen LogP contribution in [0.3, 0.4) is 0 Å². The second-order valence-corrected chi connectivity index (χ2v) is 11.4. The molecule has 12 heteroatoms. The predicted molar refractivity (Wildman–Crippen MR) is 170 cm³/mol. The summed E-state index contributed by atoms with van der Waals surface area (Å²) in [6.07, 6.45) is 7.40. The van der Waals surface area contributed by atoms with E-state index in [1.807, 2.05) is 6.92 Å². The number of nitrogens with one attached hydrogen (secondary N) is 2. The fraction of sp³-hybridized carbons (Fsp3) is 0.0882. The molecule has 5 rings (SSSR count). The van der Waals surface area contributed by atoms with Crippen LogP contribution in [0, 0.1) is 12.5 Å². The van der Waals surface area contributed by atoms with Crippen molar-refractivity contribution in [3.63, 3.8) is 0 Å². The molecule has 2 amide bonds. The molecule has 0 aliphatic rings. The van der Waals surface area contributed by atoms with Crippen LogP contribution in [0.25, 0.3) is 39.6 Å². The summed E-state index contributed by atoms with van der Waals surface area (Å²) in [6.45, 7) is 2.30. The number of benzene rings is 4. The predicted octanol–water partition coefficient (Wildman–Crippen LogP) is 6.04. The molecule has 46 heavy (non-hydrogen) atoms. The summed E-state index contributed by atoms with van der Waals surface area (Å²) in [6, 6.07) is 25.4. The summed E-state index contributed by atoms with van der Waals surface area (Å²) in [5, 5.41) is 2.50. The van der Waals surface area contributed by atoms with Gasteiger partial charge in [0.05, 0.1) is 28.8 Å². The molecule has 0 atom stereocenters. The van der Waals surface area contributed by atoms with Crippen LogP contribution in [0.2, 0.25) is 0 Å². The van der Waals surface area contributed by atoms with Crippen LogP contribution in [0.1, 0.15) is 27.6 Å². The van der Waals surface area contributed by atoms with Crippen LogP contribution in [0.4, 0.5) is 0 Å². The number of aromatic nitrogens is 2. The van der Waals surface area contributed by atoms with E-state index in [-0.39, 0.29) is 59.9 Å². The molecule has 1 heterocycles. The molecular weight excluding hydrogens is 776 g/mol. The zero-order valence-electron chi connectivity index (χ0n) is 24.7. The summed E-state index contributed by atoms with van der Waals surface area (Å²) >= 11 is 0.